The van der Waals surface area contributed by atoms with Gasteiger partial charge in [0, 0.05) is 18.8 Å². The third-order valence-corrected chi connectivity index (χ3v) is 2.27. The van der Waals surface area contributed by atoms with Crippen molar-refractivity contribution in [2.24, 2.45) is 0 Å². The fraction of sp³-hybridized carbons (Fsp3) is 0.467. The van der Waals surface area contributed by atoms with E-state index in [0.29, 0.717) is 6.04 Å². The van der Waals surface area contributed by atoms with E-state index in [4.69, 9.17) is 0 Å². The van der Waals surface area contributed by atoms with Gasteiger partial charge in [-0.25, -0.2) is 0 Å². The highest BCUT2D eigenvalue weighted by Crippen LogP contribution is 2.19. The lowest BCUT2D eigenvalue weighted by Gasteiger charge is -2.25. The molecule has 1 nitrogen and oxygen atoms in total. The van der Waals surface area contributed by atoms with E-state index < -0.39 is 0 Å². The predicted molar refractivity (Wildman–Crippen MR) is 77.3 cm³/mol. The van der Waals surface area contributed by atoms with E-state index in [1.807, 2.05) is 13.8 Å². The highest BCUT2D eigenvalue weighted by Gasteiger charge is 2.05. The molecule has 0 N–H and O–H groups in total. The summed E-state index contributed by atoms with van der Waals surface area (Å²) in [5.41, 5.74) is 2.67. The molecule has 1 aromatic rings. The number of anilines is 1. The van der Waals surface area contributed by atoms with Crippen LogP contribution in [0, 0.1) is 6.92 Å². The smallest absolute Gasteiger partial charge is 0.0395 e. The van der Waals surface area contributed by atoms with Crippen molar-refractivity contribution in [3.05, 3.63) is 43.0 Å². The van der Waals surface area contributed by atoms with E-state index in [1.165, 1.54) is 11.3 Å². The van der Waals surface area contributed by atoms with Gasteiger partial charge in [0.15, 0.2) is 0 Å². The van der Waals surface area contributed by atoms with Gasteiger partial charge in [-0.3, -0.25) is 0 Å². The molecule has 0 aromatic heterocycles. The quantitative estimate of drug-likeness (QED) is 0.656. The summed E-state index contributed by atoms with van der Waals surface area (Å²) in [5, 5.41) is 0. The molecule has 0 atom stereocenters. The summed E-state index contributed by atoms with van der Waals surface area (Å²) < 4.78 is 0. The second-order valence-electron chi connectivity index (χ2n) is 3.49. The molecule has 0 aliphatic heterocycles. The molecule has 92 valence electrons. The van der Waals surface area contributed by atoms with Gasteiger partial charge in [-0.05, 0) is 32.4 Å². The summed E-state index contributed by atoms with van der Waals surface area (Å²) in [7, 11) is 2.13. The largest absolute Gasteiger partial charge is 0.372 e. The summed E-state index contributed by atoms with van der Waals surface area (Å²) >= 11 is 0. The number of nitrogens with zero attached hydrogens (tertiary/aromatic N) is 1. The van der Waals surface area contributed by atoms with Crippen molar-refractivity contribution in [3.63, 3.8) is 0 Å². The number of benzene rings is 1. The van der Waals surface area contributed by atoms with Crippen LogP contribution in [0.15, 0.2) is 37.4 Å². The zero-order valence-corrected chi connectivity index (χ0v) is 11.7. The highest BCUT2D eigenvalue weighted by atomic mass is 15.1. The first-order valence-electron chi connectivity index (χ1n) is 5.91. The summed E-state index contributed by atoms with van der Waals surface area (Å²) in [4.78, 5) is 2.29. The first-order valence-corrected chi connectivity index (χ1v) is 5.91. The molecule has 0 aliphatic carbocycles. The molecule has 1 rings (SSSR count). The topological polar surface area (TPSA) is 3.24 Å². The van der Waals surface area contributed by atoms with Crippen molar-refractivity contribution in [3.8, 4) is 0 Å². The maximum absolute atomic E-state index is 3.00. The predicted octanol–water partition coefficient (Wildman–Crippen LogP) is 4.67. The lowest BCUT2D eigenvalue weighted by Crippen LogP contribution is -2.26. The molecule has 0 amide bonds. The molecular weight excluding hydrogens is 194 g/mol. The van der Waals surface area contributed by atoms with Gasteiger partial charge in [0.1, 0.15) is 0 Å². The number of hydrogen-bond donors (Lipinski definition) is 0. The van der Waals surface area contributed by atoms with Gasteiger partial charge < -0.3 is 4.90 Å². The van der Waals surface area contributed by atoms with Gasteiger partial charge in [-0.15, -0.1) is 13.2 Å². The Kier molecular flexibility index (Phi) is 11.0. The molecule has 0 radical (unpaired) electrons. The zero-order chi connectivity index (χ0) is 13.1. The van der Waals surface area contributed by atoms with Crippen LogP contribution in [0.3, 0.4) is 0 Å². The molecule has 0 aliphatic rings. The first-order chi connectivity index (χ1) is 7.63. The minimum atomic E-state index is 0.561. The fourth-order valence-corrected chi connectivity index (χ4v) is 1.24. The minimum absolute atomic E-state index is 0.561. The van der Waals surface area contributed by atoms with Gasteiger partial charge in [0.25, 0.3) is 0 Å². The van der Waals surface area contributed by atoms with Crippen LogP contribution in [0.4, 0.5) is 5.69 Å². The Labute approximate surface area is 102 Å². The van der Waals surface area contributed by atoms with E-state index >= 15 is 0 Å². The fourth-order valence-electron chi connectivity index (χ4n) is 1.24. The van der Waals surface area contributed by atoms with Gasteiger partial charge in [0.05, 0.1) is 0 Å². The van der Waals surface area contributed by atoms with Crippen molar-refractivity contribution in [1.29, 1.82) is 0 Å². The maximum Gasteiger partial charge on any atom is 0.0395 e. The van der Waals surface area contributed by atoms with Crippen LogP contribution in [0.1, 0.15) is 33.3 Å². The monoisotopic (exact) mass is 221 g/mol. The third kappa shape index (κ3) is 5.59. The van der Waals surface area contributed by atoms with E-state index in [9.17, 15) is 0 Å². The molecule has 0 unspecified atom stereocenters. The summed E-state index contributed by atoms with van der Waals surface area (Å²) in [5.74, 6) is 0. The molecule has 0 saturated heterocycles. The Bertz CT molecular complexity index is 266. The van der Waals surface area contributed by atoms with Crippen LogP contribution in [0.2, 0.25) is 0 Å². The van der Waals surface area contributed by atoms with E-state index in [-0.39, 0.29) is 0 Å². The molecule has 1 aromatic carbocycles. The molecule has 1 heteroatoms. The zero-order valence-electron chi connectivity index (χ0n) is 11.7. The Morgan fingerprint density at radius 1 is 1.06 bits per heavy atom. The van der Waals surface area contributed by atoms with Crippen LogP contribution in [-0.2, 0) is 0 Å². The molecule has 0 heterocycles. The van der Waals surface area contributed by atoms with Crippen molar-refractivity contribution in [1.82, 2.24) is 0 Å². The number of hydrogen-bond acceptors (Lipinski definition) is 1. The van der Waals surface area contributed by atoms with Gasteiger partial charge in [-0.2, -0.15) is 0 Å². The molecule has 0 bridgehead atoms. The van der Waals surface area contributed by atoms with Crippen LogP contribution in [-0.4, -0.2) is 13.1 Å². The highest BCUT2D eigenvalue weighted by molar-refractivity contribution is 5.52. The van der Waals surface area contributed by atoms with Crippen LogP contribution < -0.4 is 4.90 Å². The van der Waals surface area contributed by atoms with Gasteiger partial charge >= 0.3 is 0 Å². The normalized spacial score (nSPS) is 8.44. The van der Waals surface area contributed by atoms with Gasteiger partial charge in [0.2, 0.25) is 0 Å². The van der Waals surface area contributed by atoms with Crippen molar-refractivity contribution in [2.75, 3.05) is 11.9 Å². The Balaban J connectivity index is 0. The Morgan fingerprint density at radius 3 is 1.88 bits per heavy atom. The lowest BCUT2D eigenvalue weighted by atomic mass is 10.1. The number of para-hydroxylation sites is 1. The van der Waals surface area contributed by atoms with E-state index in [1.54, 1.807) is 0 Å². The molecule has 0 spiro atoms. The average molecular weight is 221 g/mol. The number of aryl methyl sites for hydroxylation is 1. The molecule has 0 saturated carbocycles. The minimum Gasteiger partial charge on any atom is -0.372 e. The third-order valence-electron chi connectivity index (χ3n) is 2.27. The molecule has 16 heavy (non-hydrogen) atoms. The summed E-state index contributed by atoms with van der Waals surface area (Å²) in [6.07, 6.45) is 0. The van der Waals surface area contributed by atoms with E-state index in [0.717, 1.165) is 0 Å². The molecule has 0 fully saturated rings. The average Bonchev–Trinajstić information content (AvgIpc) is 2.34. The van der Waals surface area contributed by atoms with Crippen LogP contribution >= 0.6 is 0 Å². The van der Waals surface area contributed by atoms with Crippen molar-refractivity contribution < 1.29 is 0 Å². The standard InChI is InChI=1S/C11H17N.C2H6.C2H4/c1-9(2)12(4)11-8-6-5-7-10(11)3;2*1-2/h5-9H,1-4H3;1-2H3;1-2H2. The van der Waals surface area contributed by atoms with Crippen LogP contribution in [0.25, 0.3) is 0 Å². The first kappa shape index (κ1) is 17.2. The van der Waals surface area contributed by atoms with E-state index in [2.05, 4.69) is 70.1 Å². The summed E-state index contributed by atoms with van der Waals surface area (Å²) in [6.45, 7) is 16.5. The van der Waals surface area contributed by atoms with Gasteiger partial charge in [-0.1, -0.05) is 32.0 Å². The Hall–Kier alpha value is -1.24. The maximum atomic E-state index is 3.00. The Morgan fingerprint density at radius 2 is 1.50 bits per heavy atom. The van der Waals surface area contributed by atoms with Crippen LogP contribution in [0.5, 0.6) is 0 Å². The SMILES string of the molecule is C=C.CC.Cc1ccccc1N(C)C(C)C. The van der Waals surface area contributed by atoms with Crippen molar-refractivity contribution in [2.45, 2.75) is 40.7 Å². The summed E-state index contributed by atoms with van der Waals surface area (Å²) in [6, 6.07) is 9.03. The molecular formula is C15H27N. The number of rotatable bonds is 2. The second-order valence-corrected chi connectivity index (χ2v) is 3.49. The lowest BCUT2D eigenvalue weighted by molar-refractivity contribution is 0.752. The van der Waals surface area contributed by atoms with Crippen molar-refractivity contribution >= 4 is 5.69 Å². The second kappa shape index (κ2) is 10.3.